The number of benzene rings is 2. The first-order valence-electron chi connectivity index (χ1n) is 8.03. The Morgan fingerprint density at radius 3 is 2.46 bits per heavy atom. The minimum absolute atomic E-state index is 0.00265. The second-order valence-corrected chi connectivity index (χ2v) is 5.95. The molecule has 0 aliphatic heterocycles. The van der Waals surface area contributed by atoms with Crippen molar-refractivity contribution in [1.82, 2.24) is 10.2 Å². The third-order valence-electron chi connectivity index (χ3n) is 3.95. The standard InChI is InChI=1S/C19H18N4O3/c1-11-9-18(26)22-23-19(11)13-3-5-14(6-4-13)21-20-12(2)16-8-7-15(24)10-17(16)25/h3-10,12,24-25H,1-2H3,(H,22,26). The Kier molecular flexibility index (Phi) is 4.79. The van der Waals surface area contributed by atoms with Crippen LogP contribution in [0.5, 0.6) is 11.5 Å². The van der Waals surface area contributed by atoms with Crippen LogP contribution in [-0.2, 0) is 0 Å². The number of H-pyrrole nitrogens is 1. The van der Waals surface area contributed by atoms with Crippen molar-refractivity contribution in [2.24, 2.45) is 10.2 Å². The number of aromatic amines is 1. The van der Waals surface area contributed by atoms with Crippen LogP contribution in [0.3, 0.4) is 0 Å². The number of aryl methyl sites for hydroxylation is 1. The maximum Gasteiger partial charge on any atom is 0.264 e. The van der Waals surface area contributed by atoms with Gasteiger partial charge in [0.25, 0.3) is 5.56 Å². The Balaban J connectivity index is 1.78. The average Bonchev–Trinajstić information content (AvgIpc) is 2.60. The number of aromatic hydroxyl groups is 2. The molecule has 1 atom stereocenters. The molecule has 2 aromatic carbocycles. The van der Waals surface area contributed by atoms with Crippen molar-refractivity contribution in [3.8, 4) is 22.8 Å². The molecule has 3 N–H and O–H groups in total. The molecule has 3 aromatic rings. The van der Waals surface area contributed by atoms with E-state index in [0.717, 1.165) is 11.1 Å². The summed E-state index contributed by atoms with van der Waals surface area (Å²) in [4.78, 5) is 11.3. The van der Waals surface area contributed by atoms with E-state index in [9.17, 15) is 15.0 Å². The number of rotatable bonds is 4. The summed E-state index contributed by atoms with van der Waals surface area (Å²) in [5.74, 6) is -0.0245. The molecule has 26 heavy (non-hydrogen) atoms. The molecule has 0 saturated carbocycles. The van der Waals surface area contributed by atoms with Crippen molar-refractivity contribution in [3.63, 3.8) is 0 Å². The molecule has 0 aliphatic rings. The van der Waals surface area contributed by atoms with Crippen molar-refractivity contribution < 1.29 is 10.2 Å². The van der Waals surface area contributed by atoms with E-state index >= 15 is 0 Å². The van der Waals surface area contributed by atoms with Gasteiger partial charge in [0, 0.05) is 23.3 Å². The Bertz CT molecular complexity index is 1010. The molecule has 0 amide bonds. The van der Waals surface area contributed by atoms with Gasteiger partial charge in [-0.1, -0.05) is 12.1 Å². The van der Waals surface area contributed by atoms with E-state index in [0.29, 0.717) is 16.9 Å². The zero-order valence-electron chi connectivity index (χ0n) is 14.3. The molecule has 1 unspecified atom stereocenters. The molecule has 0 saturated heterocycles. The van der Waals surface area contributed by atoms with Crippen LogP contribution in [0.25, 0.3) is 11.3 Å². The second-order valence-electron chi connectivity index (χ2n) is 5.95. The number of nitrogens with one attached hydrogen (secondary N) is 1. The Morgan fingerprint density at radius 2 is 1.81 bits per heavy atom. The summed E-state index contributed by atoms with van der Waals surface area (Å²) >= 11 is 0. The fraction of sp³-hybridized carbons (Fsp3) is 0.158. The lowest BCUT2D eigenvalue weighted by atomic mass is 10.1. The largest absolute Gasteiger partial charge is 0.508 e. The van der Waals surface area contributed by atoms with Crippen molar-refractivity contribution >= 4 is 5.69 Å². The van der Waals surface area contributed by atoms with E-state index in [4.69, 9.17) is 0 Å². The van der Waals surface area contributed by atoms with E-state index in [2.05, 4.69) is 20.4 Å². The molecule has 1 heterocycles. The Labute approximate surface area is 149 Å². The highest BCUT2D eigenvalue weighted by Crippen LogP contribution is 2.31. The smallest absolute Gasteiger partial charge is 0.264 e. The van der Waals surface area contributed by atoms with Gasteiger partial charge in [0.15, 0.2) is 0 Å². The maximum atomic E-state index is 11.3. The fourth-order valence-corrected chi connectivity index (χ4v) is 2.58. The quantitative estimate of drug-likeness (QED) is 0.617. The first-order chi connectivity index (χ1) is 12.4. The molecular formula is C19H18N4O3. The van der Waals surface area contributed by atoms with Gasteiger partial charge in [-0.15, -0.1) is 0 Å². The lowest BCUT2D eigenvalue weighted by Crippen LogP contribution is -2.08. The zero-order valence-corrected chi connectivity index (χ0v) is 14.3. The van der Waals surface area contributed by atoms with E-state index < -0.39 is 0 Å². The minimum Gasteiger partial charge on any atom is -0.508 e. The normalized spacial score (nSPS) is 12.4. The number of phenols is 2. The SMILES string of the molecule is Cc1cc(=O)[nH]nc1-c1ccc(N=NC(C)c2ccc(O)cc2O)cc1. The summed E-state index contributed by atoms with van der Waals surface area (Å²) in [7, 11) is 0. The summed E-state index contributed by atoms with van der Waals surface area (Å²) in [6.07, 6.45) is 0. The van der Waals surface area contributed by atoms with Crippen molar-refractivity contribution in [2.45, 2.75) is 19.9 Å². The van der Waals surface area contributed by atoms with E-state index in [-0.39, 0.29) is 23.1 Å². The first-order valence-corrected chi connectivity index (χ1v) is 8.03. The molecule has 132 valence electrons. The van der Waals surface area contributed by atoms with Gasteiger partial charge in [-0.3, -0.25) is 4.79 Å². The Hall–Kier alpha value is -3.48. The fourth-order valence-electron chi connectivity index (χ4n) is 2.58. The first kappa shape index (κ1) is 17.3. The molecule has 0 radical (unpaired) electrons. The summed E-state index contributed by atoms with van der Waals surface area (Å²) < 4.78 is 0. The minimum atomic E-state index is -0.363. The lowest BCUT2D eigenvalue weighted by Gasteiger charge is -2.08. The number of hydrogen-bond acceptors (Lipinski definition) is 6. The number of hydrogen-bond donors (Lipinski definition) is 3. The van der Waals surface area contributed by atoms with Gasteiger partial charge >= 0.3 is 0 Å². The predicted octanol–water partition coefficient (Wildman–Crippen LogP) is 4.00. The van der Waals surface area contributed by atoms with Gasteiger partial charge in [0.05, 0.1) is 17.4 Å². The molecule has 3 rings (SSSR count). The molecular weight excluding hydrogens is 332 g/mol. The highest BCUT2D eigenvalue weighted by molar-refractivity contribution is 5.64. The molecule has 0 aliphatic carbocycles. The van der Waals surface area contributed by atoms with Crippen molar-refractivity contribution in [3.05, 3.63) is 70.0 Å². The highest BCUT2D eigenvalue weighted by atomic mass is 16.3. The third kappa shape index (κ3) is 3.77. The summed E-state index contributed by atoms with van der Waals surface area (Å²) in [6.45, 7) is 3.63. The van der Waals surface area contributed by atoms with Crippen molar-refractivity contribution in [2.75, 3.05) is 0 Å². The Morgan fingerprint density at radius 1 is 1.08 bits per heavy atom. The van der Waals surface area contributed by atoms with Crippen LogP contribution in [0.1, 0.15) is 24.1 Å². The third-order valence-corrected chi connectivity index (χ3v) is 3.95. The van der Waals surface area contributed by atoms with Gasteiger partial charge in [-0.05, 0) is 43.7 Å². The van der Waals surface area contributed by atoms with Gasteiger partial charge in [-0.25, -0.2) is 5.10 Å². The molecule has 7 nitrogen and oxygen atoms in total. The van der Waals surface area contributed by atoms with E-state index in [1.165, 1.54) is 18.2 Å². The average molecular weight is 350 g/mol. The van der Waals surface area contributed by atoms with E-state index in [1.54, 1.807) is 25.1 Å². The molecule has 1 aromatic heterocycles. The van der Waals surface area contributed by atoms with Crippen LogP contribution in [0, 0.1) is 6.92 Å². The van der Waals surface area contributed by atoms with Crippen LogP contribution in [0.2, 0.25) is 0 Å². The zero-order chi connectivity index (χ0) is 18.7. The predicted molar refractivity (Wildman–Crippen MR) is 97.7 cm³/mol. The van der Waals surface area contributed by atoms with Crippen LogP contribution in [0.15, 0.2) is 63.6 Å². The summed E-state index contributed by atoms with van der Waals surface area (Å²) in [6, 6.07) is 12.8. The van der Waals surface area contributed by atoms with E-state index in [1.807, 2.05) is 19.1 Å². The van der Waals surface area contributed by atoms with Crippen molar-refractivity contribution in [1.29, 1.82) is 0 Å². The topological polar surface area (TPSA) is 111 Å². The second kappa shape index (κ2) is 7.18. The highest BCUT2D eigenvalue weighted by Gasteiger charge is 2.10. The monoisotopic (exact) mass is 350 g/mol. The number of phenolic OH excluding ortho intramolecular Hbond substituents is 2. The summed E-state index contributed by atoms with van der Waals surface area (Å²) in [5.41, 5.74) is 3.36. The number of aromatic nitrogens is 2. The van der Waals surface area contributed by atoms with Crippen LogP contribution < -0.4 is 5.56 Å². The van der Waals surface area contributed by atoms with Gasteiger partial charge < -0.3 is 10.2 Å². The molecule has 0 fully saturated rings. The maximum absolute atomic E-state index is 11.3. The van der Waals surface area contributed by atoms with Gasteiger partial charge in [0.1, 0.15) is 11.5 Å². The van der Waals surface area contributed by atoms with Gasteiger partial charge in [0.2, 0.25) is 0 Å². The number of azo groups is 1. The van der Waals surface area contributed by atoms with Crippen LogP contribution >= 0.6 is 0 Å². The van der Waals surface area contributed by atoms with Crippen LogP contribution in [-0.4, -0.2) is 20.4 Å². The lowest BCUT2D eigenvalue weighted by molar-refractivity contribution is 0.442. The molecule has 7 heteroatoms. The summed E-state index contributed by atoms with van der Waals surface area (Å²) in [5, 5.41) is 34.1. The van der Waals surface area contributed by atoms with Crippen LogP contribution in [0.4, 0.5) is 5.69 Å². The molecule has 0 bridgehead atoms. The van der Waals surface area contributed by atoms with Gasteiger partial charge in [-0.2, -0.15) is 15.3 Å². The molecule has 0 spiro atoms. The number of nitrogens with zero attached hydrogens (tertiary/aromatic N) is 3.